The van der Waals surface area contributed by atoms with Gasteiger partial charge in [0.1, 0.15) is 5.75 Å². The molecule has 5 nitrogen and oxygen atoms in total. The Morgan fingerprint density at radius 2 is 2.40 bits per heavy atom. The van der Waals surface area contributed by atoms with E-state index in [1.807, 2.05) is 25.3 Å². The van der Waals surface area contributed by atoms with Gasteiger partial charge in [-0.3, -0.25) is 5.10 Å². The highest BCUT2D eigenvalue weighted by molar-refractivity contribution is 5.91. The summed E-state index contributed by atoms with van der Waals surface area (Å²) in [6.07, 6.45) is 3.64. The Hall–Kier alpha value is -2.04. The largest absolute Gasteiger partial charge is 0.492 e. The monoisotopic (exact) mass is 202 g/mol. The van der Waals surface area contributed by atoms with Crippen LogP contribution in [0.4, 0.5) is 0 Å². The van der Waals surface area contributed by atoms with Crippen LogP contribution in [0, 0.1) is 0 Å². The fourth-order valence-corrected chi connectivity index (χ4v) is 1.67. The Kier molecular flexibility index (Phi) is 1.65. The average molecular weight is 202 g/mol. The normalized spacial score (nSPS) is 11.3. The van der Waals surface area contributed by atoms with Crippen LogP contribution in [0.1, 0.15) is 6.92 Å². The molecule has 0 radical (unpaired) electrons. The fourth-order valence-electron chi connectivity index (χ4n) is 1.67. The smallest absolute Gasteiger partial charge is 0.178 e. The van der Waals surface area contributed by atoms with Crippen LogP contribution >= 0.6 is 0 Å². The molecule has 5 heteroatoms. The molecule has 3 rings (SSSR count). The number of hydrogen-bond acceptors (Lipinski definition) is 3. The Bertz CT molecular complexity index is 610. The van der Waals surface area contributed by atoms with Crippen molar-refractivity contribution in [3.05, 3.63) is 24.5 Å². The Labute approximate surface area is 85.7 Å². The third-order valence-electron chi connectivity index (χ3n) is 2.32. The summed E-state index contributed by atoms with van der Waals surface area (Å²) in [5.41, 5.74) is 1.82. The van der Waals surface area contributed by atoms with Crippen molar-refractivity contribution in [3.8, 4) is 5.75 Å². The van der Waals surface area contributed by atoms with Crippen molar-refractivity contribution >= 4 is 16.6 Å². The van der Waals surface area contributed by atoms with Gasteiger partial charge in [-0.1, -0.05) is 0 Å². The number of nitrogens with zero attached hydrogens (tertiary/aromatic N) is 3. The van der Waals surface area contributed by atoms with Crippen molar-refractivity contribution in [1.82, 2.24) is 19.8 Å². The van der Waals surface area contributed by atoms with Gasteiger partial charge < -0.3 is 4.74 Å². The van der Waals surface area contributed by atoms with Gasteiger partial charge in [0.15, 0.2) is 5.65 Å². The van der Waals surface area contributed by atoms with E-state index < -0.39 is 0 Å². The molecule has 0 aliphatic heterocycles. The summed E-state index contributed by atoms with van der Waals surface area (Å²) in [5, 5.41) is 12.1. The van der Waals surface area contributed by atoms with Crippen molar-refractivity contribution in [2.75, 3.05) is 6.61 Å². The molecule has 0 bridgehead atoms. The molecule has 3 heterocycles. The lowest BCUT2D eigenvalue weighted by Crippen LogP contribution is -1.94. The first-order chi connectivity index (χ1) is 7.38. The molecule has 0 aliphatic carbocycles. The molecule has 0 amide bonds. The molecule has 0 unspecified atom stereocenters. The number of aromatic amines is 1. The Morgan fingerprint density at radius 1 is 1.47 bits per heavy atom. The van der Waals surface area contributed by atoms with E-state index in [9.17, 15) is 0 Å². The van der Waals surface area contributed by atoms with E-state index in [1.165, 1.54) is 0 Å². The maximum atomic E-state index is 5.40. The summed E-state index contributed by atoms with van der Waals surface area (Å²) >= 11 is 0. The number of aromatic nitrogens is 4. The standard InChI is InChI=1S/C10H10N4O/c1-2-15-7-3-4-9-8-5-11-12-10(8)13-14(9)6-7/h3-6H,2H2,1H3,(H,12,13). The fraction of sp³-hybridized carbons (Fsp3) is 0.200. The van der Waals surface area contributed by atoms with Crippen LogP contribution in [0.15, 0.2) is 24.5 Å². The minimum atomic E-state index is 0.659. The number of hydrogen-bond donors (Lipinski definition) is 1. The van der Waals surface area contributed by atoms with E-state index in [1.54, 1.807) is 10.7 Å². The minimum Gasteiger partial charge on any atom is -0.492 e. The van der Waals surface area contributed by atoms with Gasteiger partial charge in [0.05, 0.1) is 29.9 Å². The van der Waals surface area contributed by atoms with Gasteiger partial charge in [-0.15, -0.1) is 5.10 Å². The average Bonchev–Trinajstić information content (AvgIpc) is 2.77. The van der Waals surface area contributed by atoms with Gasteiger partial charge in [-0.25, -0.2) is 4.52 Å². The van der Waals surface area contributed by atoms with Gasteiger partial charge in [-0.2, -0.15) is 5.10 Å². The molecule has 1 N–H and O–H groups in total. The highest BCUT2D eigenvalue weighted by Crippen LogP contribution is 2.20. The van der Waals surface area contributed by atoms with Crippen LogP contribution in [0.2, 0.25) is 0 Å². The van der Waals surface area contributed by atoms with Crippen LogP contribution < -0.4 is 4.74 Å². The SMILES string of the molecule is CCOc1ccc2c3cn[nH]c3nn2c1. The first kappa shape index (κ1) is 8.28. The predicted molar refractivity (Wildman–Crippen MR) is 56.0 cm³/mol. The summed E-state index contributed by atoms with van der Waals surface area (Å²) < 4.78 is 7.20. The third-order valence-corrected chi connectivity index (χ3v) is 2.32. The second kappa shape index (κ2) is 2.98. The van der Waals surface area contributed by atoms with Crippen molar-refractivity contribution in [2.24, 2.45) is 0 Å². The van der Waals surface area contributed by atoms with E-state index >= 15 is 0 Å². The molecular weight excluding hydrogens is 192 g/mol. The Balaban J connectivity index is 2.26. The van der Waals surface area contributed by atoms with E-state index in [0.717, 1.165) is 22.3 Å². The molecule has 3 aromatic heterocycles. The lowest BCUT2D eigenvalue weighted by atomic mass is 10.3. The number of ether oxygens (including phenoxy) is 1. The summed E-state index contributed by atoms with van der Waals surface area (Å²) in [6, 6.07) is 3.92. The highest BCUT2D eigenvalue weighted by Gasteiger charge is 2.06. The molecule has 0 saturated carbocycles. The lowest BCUT2D eigenvalue weighted by Gasteiger charge is -2.02. The number of nitrogens with one attached hydrogen (secondary N) is 1. The van der Waals surface area contributed by atoms with Gasteiger partial charge in [0.25, 0.3) is 0 Å². The molecule has 0 aromatic carbocycles. The highest BCUT2D eigenvalue weighted by atomic mass is 16.5. The molecule has 0 spiro atoms. The van der Waals surface area contributed by atoms with Crippen LogP contribution in [0.25, 0.3) is 16.6 Å². The maximum Gasteiger partial charge on any atom is 0.178 e. The van der Waals surface area contributed by atoms with Crippen LogP contribution in [0.3, 0.4) is 0 Å². The molecule has 3 aromatic rings. The molecule has 0 fully saturated rings. The summed E-state index contributed by atoms with van der Waals surface area (Å²) in [6.45, 7) is 2.62. The molecule has 0 saturated heterocycles. The molecule has 15 heavy (non-hydrogen) atoms. The lowest BCUT2D eigenvalue weighted by molar-refractivity contribution is 0.338. The minimum absolute atomic E-state index is 0.659. The molecule has 0 atom stereocenters. The van der Waals surface area contributed by atoms with Crippen LogP contribution in [0.5, 0.6) is 5.75 Å². The maximum absolute atomic E-state index is 5.40. The van der Waals surface area contributed by atoms with Crippen LogP contribution in [-0.4, -0.2) is 26.4 Å². The zero-order valence-corrected chi connectivity index (χ0v) is 8.27. The van der Waals surface area contributed by atoms with Gasteiger partial charge in [-0.05, 0) is 19.1 Å². The van der Waals surface area contributed by atoms with E-state index in [2.05, 4.69) is 15.3 Å². The predicted octanol–water partition coefficient (Wildman–Crippen LogP) is 1.61. The topological polar surface area (TPSA) is 55.2 Å². The molecule has 76 valence electrons. The van der Waals surface area contributed by atoms with Gasteiger partial charge in [0, 0.05) is 0 Å². The summed E-state index contributed by atoms with van der Waals surface area (Å²) in [7, 11) is 0. The van der Waals surface area contributed by atoms with E-state index in [-0.39, 0.29) is 0 Å². The number of fused-ring (bicyclic) bond motifs is 3. The summed E-state index contributed by atoms with van der Waals surface area (Å²) in [5.74, 6) is 0.822. The van der Waals surface area contributed by atoms with Crippen molar-refractivity contribution < 1.29 is 4.74 Å². The van der Waals surface area contributed by atoms with Gasteiger partial charge >= 0.3 is 0 Å². The second-order valence-corrected chi connectivity index (χ2v) is 3.26. The number of pyridine rings is 1. The van der Waals surface area contributed by atoms with Crippen molar-refractivity contribution in [1.29, 1.82) is 0 Å². The van der Waals surface area contributed by atoms with Crippen molar-refractivity contribution in [2.45, 2.75) is 6.92 Å². The number of rotatable bonds is 2. The third kappa shape index (κ3) is 1.16. The molecular formula is C10H10N4O. The summed E-state index contributed by atoms with van der Waals surface area (Å²) in [4.78, 5) is 0. The van der Waals surface area contributed by atoms with Gasteiger partial charge in [0.2, 0.25) is 0 Å². The first-order valence-corrected chi connectivity index (χ1v) is 4.83. The zero-order valence-electron chi connectivity index (χ0n) is 8.27. The van der Waals surface area contributed by atoms with Crippen LogP contribution in [-0.2, 0) is 0 Å². The second-order valence-electron chi connectivity index (χ2n) is 3.26. The van der Waals surface area contributed by atoms with Crippen molar-refractivity contribution in [3.63, 3.8) is 0 Å². The first-order valence-electron chi connectivity index (χ1n) is 4.83. The number of H-pyrrole nitrogens is 1. The molecule has 0 aliphatic rings. The zero-order chi connectivity index (χ0) is 10.3. The van der Waals surface area contributed by atoms with E-state index in [0.29, 0.717) is 6.61 Å². The Morgan fingerprint density at radius 3 is 3.27 bits per heavy atom. The quantitative estimate of drug-likeness (QED) is 0.686. The van der Waals surface area contributed by atoms with E-state index in [4.69, 9.17) is 4.74 Å².